The van der Waals surface area contributed by atoms with E-state index in [0.717, 1.165) is 45.6 Å². The molecule has 6 nitrogen and oxygen atoms in total. The smallest absolute Gasteiger partial charge is 0.253 e. The van der Waals surface area contributed by atoms with Crippen molar-refractivity contribution in [2.24, 2.45) is 0 Å². The van der Waals surface area contributed by atoms with Gasteiger partial charge in [-0.05, 0) is 38.3 Å². The molecule has 1 aromatic rings. The highest BCUT2D eigenvalue weighted by Crippen LogP contribution is 2.25. The van der Waals surface area contributed by atoms with Gasteiger partial charge in [-0.25, -0.2) is 0 Å². The van der Waals surface area contributed by atoms with Crippen LogP contribution in [0.25, 0.3) is 0 Å². The topological polar surface area (TPSA) is 74.7 Å². The molecule has 0 radical (unpaired) electrons. The van der Waals surface area contributed by atoms with Crippen molar-refractivity contribution < 1.29 is 14.6 Å². The van der Waals surface area contributed by atoms with E-state index in [1.165, 1.54) is 0 Å². The van der Waals surface area contributed by atoms with Crippen LogP contribution < -0.4 is 5.32 Å². The largest absolute Gasteiger partial charge is 0.389 e. The first kappa shape index (κ1) is 16.4. The molecule has 2 N–H and O–H groups in total. The predicted molar refractivity (Wildman–Crippen MR) is 86.3 cm³/mol. The molecule has 2 aliphatic rings. The van der Waals surface area contributed by atoms with E-state index in [9.17, 15) is 9.90 Å². The molecule has 1 saturated carbocycles. The quantitative estimate of drug-likeness (QED) is 0.859. The number of hydrogen-bond donors (Lipinski definition) is 2. The average Bonchev–Trinajstić information content (AvgIpc) is 2.58. The van der Waals surface area contributed by atoms with Crippen LogP contribution in [0.2, 0.25) is 0 Å². The number of hydrogen-bond acceptors (Lipinski definition) is 5. The molecular weight excluding hydrogens is 294 g/mol. The summed E-state index contributed by atoms with van der Waals surface area (Å²) in [5.41, 5.74) is 1.29. The van der Waals surface area contributed by atoms with E-state index in [-0.39, 0.29) is 18.0 Å². The van der Waals surface area contributed by atoms with Crippen molar-refractivity contribution >= 4 is 5.91 Å². The maximum atomic E-state index is 12.5. The molecule has 2 fully saturated rings. The number of carbonyl (C=O) groups excluding carboxylic acids is 1. The number of morpholine rings is 1. The van der Waals surface area contributed by atoms with Crippen molar-refractivity contribution in [3.05, 3.63) is 29.6 Å². The van der Waals surface area contributed by atoms with Gasteiger partial charge in [-0.1, -0.05) is 0 Å². The lowest BCUT2D eigenvalue weighted by Crippen LogP contribution is -2.58. The van der Waals surface area contributed by atoms with Gasteiger partial charge >= 0.3 is 0 Å². The third kappa shape index (κ3) is 3.71. The molecule has 6 heteroatoms. The Morgan fingerprint density at radius 1 is 1.39 bits per heavy atom. The number of nitrogens with zero attached hydrogens (tertiary/aromatic N) is 2. The first-order valence-electron chi connectivity index (χ1n) is 8.39. The Balaban J connectivity index is 1.65. The van der Waals surface area contributed by atoms with Crippen LogP contribution in [-0.2, 0) is 4.74 Å². The molecule has 1 saturated heterocycles. The average molecular weight is 319 g/mol. The minimum atomic E-state index is -0.539. The molecule has 1 aromatic heterocycles. The van der Waals surface area contributed by atoms with Gasteiger partial charge in [0.15, 0.2) is 0 Å². The molecule has 0 unspecified atom stereocenters. The maximum Gasteiger partial charge on any atom is 0.253 e. The molecule has 0 spiro atoms. The van der Waals surface area contributed by atoms with Gasteiger partial charge in [0.25, 0.3) is 5.91 Å². The SMILES string of the molecule is Cc1ncccc1C(=O)N[C@@H]1CCC[C@@H](N2CCOCC2)[C@@H]1O. The van der Waals surface area contributed by atoms with Crippen molar-refractivity contribution in [2.75, 3.05) is 26.3 Å². The lowest BCUT2D eigenvalue weighted by atomic mass is 9.86. The number of nitrogens with one attached hydrogen (secondary N) is 1. The van der Waals surface area contributed by atoms with Crippen LogP contribution in [-0.4, -0.2) is 65.4 Å². The highest BCUT2D eigenvalue weighted by molar-refractivity contribution is 5.95. The minimum absolute atomic E-state index is 0.105. The summed E-state index contributed by atoms with van der Waals surface area (Å²) < 4.78 is 5.39. The molecule has 126 valence electrons. The second kappa shape index (κ2) is 7.38. The Bertz CT molecular complexity index is 546. The summed E-state index contributed by atoms with van der Waals surface area (Å²) >= 11 is 0. The van der Waals surface area contributed by atoms with Crippen LogP contribution in [0.15, 0.2) is 18.3 Å². The van der Waals surface area contributed by atoms with Crippen LogP contribution in [0.3, 0.4) is 0 Å². The van der Waals surface area contributed by atoms with Crippen molar-refractivity contribution in [1.29, 1.82) is 0 Å². The van der Waals surface area contributed by atoms with Crippen molar-refractivity contribution in [3.63, 3.8) is 0 Å². The van der Waals surface area contributed by atoms with Crippen LogP contribution >= 0.6 is 0 Å². The van der Waals surface area contributed by atoms with Gasteiger partial charge in [0.1, 0.15) is 0 Å². The predicted octanol–water partition coefficient (Wildman–Crippen LogP) is 0.734. The lowest BCUT2D eigenvalue weighted by Gasteiger charge is -2.43. The van der Waals surface area contributed by atoms with E-state index in [1.54, 1.807) is 18.3 Å². The minimum Gasteiger partial charge on any atom is -0.389 e. The van der Waals surface area contributed by atoms with Gasteiger partial charge in [0.05, 0.1) is 30.9 Å². The van der Waals surface area contributed by atoms with E-state index in [0.29, 0.717) is 11.3 Å². The van der Waals surface area contributed by atoms with Crippen LogP contribution in [0.1, 0.15) is 35.3 Å². The zero-order valence-electron chi connectivity index (χ0n) is 13.6. The monoisotopic (exact) mass is 319 g/mol. The van der Waals surface area contributed by atoms with E-state index in [4.69, 9.17) is 4.74 Å². The third-order valence-corrected chi connectivity index (χ3v) is 4.90. The molecule has 1 aliphatic carbocycles. The standard InChI is InChI=1S/C17H25N3O3/c1-12-13(4-3-7-18-12)17(22)19-14-5-2-6-15(16(14)21)20-8-10-23-11-9-20/h3-4,7,14-16,21H,2,5-6,8-11H2,1H3,(H,19,22)/t14-,15-,16-/m1/s1. The number of carbonyl (C=O) groups is 1. The van der Waals surface area contributed by atoms with E-state index < -0.39 is 6.10 Å². The molecule has 1 amide bonds. The van der Waals surface area contributed by atoms with Crippen molar-refractivity contribution in [1.82, 2.24) is 15.2 Å². The maximum absolute atomic E-state index is 12.5. The lowest BCUT2D eigenvalue weighted by molar-refractivity contribution is -0.0459. The fourth-order valence-electron chi connectivity index (χ4n) is 3.59. The number of pyridine rings is 1. The molecule has 3 atom stereocenters. The third-order valence-electron chi connectivity index (χ3n) is 4.90. The highest BCUT2D eigenvalue weighted by atomic mass is 16.5. The van der Waals surface area contributed by atoms with Crippen LogP contribution in [0.5, 0.6) is 0 Å². The fraction of sp³-hybridized carbons (Fsp3) is 0.647. The zero-order valence-corrected chi connectivity index (χ0v) is 13.6. The number of aliphatic hydroxyl groups excluding tert-OH is 1. The van der Waals surface area contributed by atoms with E-state index in [2.05, 4.69) is 15.2 Å². The normalized spacial score (nSPS) is 29.2. The van der Waals surface area contributed by atoms with Gasteiger partial charge in [-0.3, -0.25) is 14.7 Å². The number of rotatable bonds is 3. The van der Waals surface area contributed by atoms with Crippen molar-refractivity contribution in [2.45, 2.75) is 44.4 Å². The van der Waals surface area contributed by atoms with Gasteiger partial charge < -0.3 is 15.2 Å². The second-order valence-corrected chi connectivity index (χ2v) is 6.35. The van der Waals surface area contributed by atoms with Crippen molar-refractivity contribution in [3.8, 4) is 0 Å². The summed E-state index contributed by atoms with van der Waals surface area (Å²) in [4.78, 5) is 18.9. The molecular formula is C17H25N3O3. The van der Waals surface area contributed by atoms with Gasteiger partial charge in [-0.2, -0.15) is 0 Å². The number of ether oxygens (including phenoxy) is 1. The van der Waals surface area contributed by atoms with Crippen LogP contribution in [0.4, 0.5) is 0 Å². The Morgan fingerprint density at radius 3 is 2.91 bits per heavy atom. The summed E-state index contributed by atoms with van der Waals surface area (Å²) in [6.45, 7) is 4.96. The van der Waals surface area contributed by atoms with Gasteiger partial charge in [0, 0.05) is 31.0 Å². The summed E-state index contributed by atoms with van der Waals surface area (Å²) in [5, 5.41) is 13.7. The van der Waals surface area contributed by atoms with E-state index in [1.807, 2.05) is 6.92 Å². The fourth-order valence-corrected chi connectivity index (χ4v) is 3.59. The Kier molecular flexibility index (Phi) is 5.25. The Hall–Kier alpha value is -1.50. The molecule has 23 heavy (non-hydrogen) atoms. The second-order valence-electron chi connectivity index (χ2n) is 6.35. The highest BCUT2D eigenvalue weighted by Gasteiger charge is 2.36. The molecule has 2 heterocycles. The Morgan fingerprint density at radius 2 is 2.17 bits per heavy atom. The number of aliphatic hydroxyl groups is 1. The molecule has 1 aliphatic heterocycles. The summed E-state index contributed by atoms with van der Waals surface area (Å²) in [6, 6.07) is 3.43. The molecule has 0 bridgehead atoms. The summed E-state index contributed by atoms with van der Waals surface area (Å²) in [6.07, 6.45) is 3.93. The van der Waals surface area contributed by atoms with Crippen LogP contribution in [0, 0.1) is 6.92 Å². The first-order chi connectivity index (χ1) is 11.2. The van der Waals surface area contributed by atoms with E-state index >= 15 is 0 Å². The number of amides is 1. The first-order valence-corrected chi connectivity index (χ1v) is 8.39. The molecule has 0 aromatic carbocycles. The summed E-state index contributed by atoms with van der Waals surface area (Å²) in [7, 11) is 0. The molecule has 3 rings (SSSR count). The number of aryl methyl sites for hydroxylation is 1. The summed E-state index contributed by atoms with van der Waals surface area (Å²) in [5.74, 6) is -0.151. The Labute approximate surface area is 136 Å². The van der Waals surface area contributed by atoms with Gasteiger partial charge in [-0.15, -0.1) is 0 Å². The number of aromatic nitrogens is 1. The van der Waals surface area contributed by atoms with Gasteiger partial charge in [0.2, 0.25) is 0 Å². The zero-order chi connectivity index (χ0) is 16.2.